The first-order chi connectivity index (χ1) is 14.8. The van der Waals surface area contributed by atoms with Gasteiger partial charge in [0, 0.05) is 15.3 Å². The fourth-order valence-electron chi connectivity index (χ4n) is 3.26. The maximum Gasteiger partial charge on any atom is 0.258 e. The summed E-state index contributed by atoms with van der Waals surface area (Å²) in [6.45, 7) is 3.96. The van der Waals surface area contributed by atoms with Crippen LogP contribution in [0.2, 0.25) is 0 Å². The number of thiocarbonyl (C=S) groups is 1. The third-order valence-electron chi connectivity index (χ3n) is 4.65. The van der Waals surface area contributed by atoms with Gasteiger partial charge < -0.3 is 14.8 Å². The quantitative estimate of drug-likeness (QED) is 0.232. The molecule has 0 saturated carbocycles. The summed E-state index contributed by atoms with van der Waals surface area (Å²) in [5.41, 5.74) is 5.04. The summed E-state index contributed by atoms with van der Waals surface area (Å²) in [6, 6.07) is 16.1. The number of nitrogens with one attached hydrogen (secondary N) is 2. The van der Waals surface area contributed by atoms with Gasteiger partial charge in [-0.2, -0.15) is 0 Å². The predicted molar refractivity (Wildman–Crippen MR) is 133 cm³/mol. The van der Waals surface area contributed by atoms with Crippen LogP contribution in [-0.4, -0.2) is 21.1 Å². The van der Waals surface area contributed by atoms with Crippen molar-refractivity contribution < 1.29 is 14.3 Å². The second-order valence-corrected chi connectivity index (χ2v) is 8.64. The van der Waals surface area contributed by atoms with Gasteiger partial charge >= 0.3 is 0 Å². The van der Waals surface area contributed by atoms with Gasteiger partial charge in [-0.25, -0.2) is 4.98 Å². The Balaban J connectivity index is 1.51. The summed E-state index contributed by atoms with van der Waals surface area (Å²) >= 11 is 7.33. The van der Waals surface area contributed by atoms with E-state index in [4.69, 9.17) is 16.6 Å². The van der Waals surface area contributed by atoms with Crippen molar-refractivity contribution in [3.63, 3.8) is 0 Å². The Morgan fingerprint density at radius 2 is 1.90 bits per heavy atom. The molecule has 0 radical (unpaired) electrons. The number of rotatable bonds is 3. The molecule has 3 aromatic carbocycles. The number of carbonyl (C=O) groups is 1. The van der Waals surface area contributed by atoms with E-state index in [1.165, 1.54) is 6.07 Å². The molecule has 0 spiro atoms. The Bertz CT molecular complexity index is 1330. The van der Waals surface area contributed by atoms with Crippen molar-refractivity contribution in [2.45, 2.75) is 13.8 Å². The lowest BCUT2D eigenvalue weighted by atomic mass is 10.1. The molecule has 0 atom stereocenters. The number of hydrogen-bond donors (Lipinski definition) is 3. The Labute approximate surface area is 197 Å². The number of aromatic nitrogens is 1. The molecule has 1 amide bonds. The lowest BCUT2D eigenvalue weighted by Gasteiger charge is -2.11. The zero-order valence-electron chi connectivity index (χ0n) is 16.7. The third kappa shape index (κ3) is 4.54. The van der Waals surface area contributed by atoms with Gasteiger partial charge in [-0.3, -0.25) is 10.1 Å². The smallest absolute Gasteiger partial charge is 0.258 e. The van der Waals surface area contributed by atoms with Crippen molar-refractivity contribution in [2.75, 3.05) is 5.32 Å². The van der Waals surface area contributed by atoms with Crippen molar-refractivity contribution in [3.05, 3.63) is 74.9 Å². The van der Waals surface area contributed by atoms with E-state index in [2.05, 4.69) is 38.2 Å². The van der Waals surface area contributed by atoms with Crippen LogP contribution in [0.4, 0.5) is 5.69 Å². The normalized spacial score (nSPS) is 10.8. The van der Waals surface area contributed by atoms with Crippen molar-refractivity contribution in [1.82, 2.24) is 10.3 Å². The number of amides is 1. The van der Waals surface area contributed by atoms with E-state index in [0.717, 1.165) is 20.2 Å². The number of phenols is 1. The summed E-state index contributed by atoms with van der Waals surface area (Å²) in [4.78, 5) is 16.9. The van der Waals surface area contributed by atoms with Crippen molar-refractivity contribution in [1.29, 1.82) is 0 Å². The molecule has 1 aromatic heterocycles. The number of oxazole rings is 1. The Hall–Kier alpha value is -2.98. The fraction of sp³-hybridized carbons (Fsp3) is 0.0870. The number of halogens is 1. The molecule has 0 bridgehead atoms. The number of aromatic hydroxyl groups is 1. The number of benzene rings is 3. The van der Waals surface area contributed by atoms with E-state index >= 15 is 0 Å². The third-order valence-corrected chi connectivity index (χ3v) is 5.80. The summed E-state index contributed by atoms with van der Waals surface area (Å²) < 4.78 is 6.70. The molecule has 4 rings (SSSR count). The molecule has 1 heterocycles. The number of hydrogen-bond acceptors (Lipinski definition) is 5. The van der Waals surface area contributed by atoms with Crippen LogP contribution < -0.4 is 10.6 Å². The summed E-state index contributed by atoms with van der Waals surface area (Å²) in [5.74, 6) is 0.0143. The molecule has 31 heavy (non-hydrogen) atoms. The summed E-state index contributed by atoms with van der Waals surface area (Å²) in [5, 5.41) is 16.2. The maximum absolute atomic E-state index is 12.4. The molecule has 0 aliphatic heterocycles. The minimum atomic E-state index is -0.305. The minimum Gasteiger partial charge on any atom is -0.507 e. The van der Waals surface area contributed by atoms with Crippen LogP contribution in [-0.2, 0) is 0 Å². The number of carbonyl (C=O) groups excluding carboxylic acids is 1. The molecule has 0 saturated heterocycles. The minimum absolute atomic E-state index is 0.0161. The first-order valence-electron chi connectivity index (χ1n) is 9.40. The first kappa shape index (κ1) is 21.3. The Kier molecular flexibility index (Phi) is 5.92. The Morgan fingerprint density at radius 3 is 2.65 bits per heavy atom. The maximum atomic E-state index is 12.4. The molecule has 8 heteroatoms. The van der Waals surface area contributed by atoms with Crippen molar-refractivity contribution in [3.8, 4) is 17.2 Å². The highest BCUT2D eigenvalue weighted by Gasteiger charge is 2.15. The van der Waals surface area contributed by atoms with Crippen molar-refractivity contribution >= 4 is 62.6 Å². The lowest BCUT2D eigenvalue weighted by molar-refractivity contribution is 0.0977. The second-order valence-electron chi connectivity index (χ2n) is 7.07. The highest BCUT2D eigenvalue weighted by molar-refractivity contribution is 14.1. The number of aryl methyl sites for hydroxylation is 2. The van der Waals surface area contributed by atoms with Gasteiger partial charge in [0.05, 0.1) is 11.1 Å². The van der Waals surface area contributed by atoms with Crippen LogP contribution in [0.3, 0.4) is 0 Å². The highest BCUT2D eigenvalue weighted by atomic mass is 127. The first-order valence-corrected chi connectivity index (χ1v) is 10.9. The van der Waals surface area contributed by atoms with Gasteiger partial charge in [0.15, 0.2) is 10.7 Å². The fourth-order valence-corrected chi connectivity index (χ4v) is 4.10. The summed E-state index contributed by atoms with van der Waals surface area (Å²) in [7, 11) is 0. The largest absolute Gasteiger partial charge is 0.507 e. The Morgan fingerprint density at radius 1 is 1.13 bits per heavy atom. The van der Waals surface area contributed by atoms with Crippen molar-refractivity contribution in [2.24, 2.45) is 0 Å². The number of anilines is 1. The number of nitrogens with zero attached hydrogens (tertiary/aromatic N) is 1. The molecule has 156 valence electrons. The van der Waals surface area contributed by atoms with Crippen LogP contribution in [0.25, 0.3) is 22.6 Å². The molecule has 3 N–H and O–H groups in total. The van der Waals surface area contributed by atoms with E-state index in [0.29, 0.717) is 28.3 Å². The van der Waals surface area contributed by atoms with Gasteiger partial charge in [0.1, 0.15) is 11.3 Å². The topological polar surface area (TPSA) is 87.4 Å². The molecular formula is C23H18IN3O3S. The van der Waals surface area contributed by atoms with E-state index < -0.39 is 0 Å². The van der Waals surface area contributed by atoms with Crippen LogP contribution >= 0.6 is 34.8 Å². The molecule has 0 aliphatic rings. The average molecular weight is 543 g/mol. The van der Waals surface area contributed by atoms with Crippen LogP contribution in [0.5, 0.6) is 5.75 Å². The van der Waals surface area contributed by atoms with Gasteiger partial charge in [0.2, 0.25) is 5.89 Å². The van der Waals surface area contributed by atoms with Gasteiger partial charge in [0.25, 0.3) is 5.91 Å². The zero-order valence-corrected chi connectivity index (χ0v) is 19.7. The molecule has 0 aliphatic carbocycles. The van der Waals surface area contributed by atoms with E-state index in [-0.39, 0.29) is 16.8 Å². The average Bonchev–Trinajstić information content (AvgIpc) is 3.12. The number of phenolic OH excluding ortho intramolecular Hbond substituents is 1. The van der Waals surface area contributed by atoms with E-state index in [9.17, 15) is 9.90 Å². The van der Waals surface area contributed by atoms with Crippen LogP contribution in [0.1, 0.15) is 21.5 Å². The predicted octanol–water partition coefficient (Wildman–Crippen LogP) is 5.55. The zero-order chi connectivity index (χ0) is 22.1. The standard InChI is InChI=1S/C23H18IN3O3S/c1-12-9-13(2)20-18(10-12)26-22(30-20)16-8-7-14(11-19(16)28)25-23(31)27-21(29)15-5-3-4-6-17(15)24/h3-11,28H,1-2H3,(H2,25,27,29,31). The molecule has 6 nitrogen and oxygen atoms in total. The van der Waals surface area contributed by atoms with E-state index in [1.54, 1.807) is 24.3 Å². The highest BCUT2D eigenvalue weighted by Crippen LogP contribution is 2.34. The summed E-state index contributed by atoms with van der Waals surface area (Å²) in [6.07, 6.45) is 0. The second kappa shape index (κ2) is 8.64. The van der Waals surface area contributed by atoms with Gasteiger partial charge in [-0.1, -0.05) is 18.2 Å². The SMILES string of the molecule is Cc1cc(C)c2oc(-c3ccc(NC(=S)NC(=O)c4ccccc4I)cc3O)nc2c1. The van der Waals surface area contributed by atoms with Crippen LogP contribution in [0, 0.1) is 17.4 Å². The molecule has 4 aromatic rings. The number of fused-ring (bicyclic) bond motifs is 1. The monoisotopic (exact) mass is 543 g/mol. The molecule has 0 unspecified atom stereocenters. The van der Waals surface area contributed by atoms with Gasteiger partial charge in [-0.05, 0) is 90.1 Å². The van der Waals surface area contributed by atoms with E-state index in [1.807, 2.05) is 38.1 Å². The molecule has 0 fully saturated rings. The lowest BCUT2D eigenvalue weighted by Crippen LogP contribution is -2.34. The van der Waals surface area contributed by atoms with Crippen LogP contribution in [0.15, 0.2) is 59.0 Å². The molecular weight excluding hydrogens is 525 g/mol. The van der Waals surface area contributed by atoms with Gasteiger partial charge in [-0.15, -0.1) is 0 Å².